The predicted molar refractivity (Wildman–Crippen MR) is 121 cm³/mol. The van der Waals surface area contributed by atoms with Crippen molar-refractivity contribution in [2.24, 2.45) is 0 Å². The van der Waals surface area contributed by atoms with Gasteiger partial charge in [0.15, 0.2) is 11.6 Å². The number of hydrogen-bond acceptors (Lipinski definition) is 9. The standard InChI is InChI=1S/C21H22N8O5/c1-13-14(2)24-27(15(13)3)20-5-4-19(22-23-20)25-6-8-26(9-7-25)21(30)16-10-17(28(31)32)12-18(11-16)29(33)34/h4-5,10-12H,6-9H2,1-3H3. The van der Waals surface area contributed by atoms with E-state index in [-0.39, 0.29) is 5.56 Å². The molecule has 1 aliphatic heterocycles. The number of aromatic nitrogens is 4. The van der Waals surface area contributed by atoms with Crippen molar-refractivity contribution in [1.82, 2.24) is 24.9 Å². The lowest BCUT2D eigenvalue weighted by Gasteiger charge is -2.35. The zero-order chi connectivity index (χ0) is 24.6. The molecule has 0 bridgehead atoms. The maximum atomic E-state index is 12.9. The van der Waals surface area contributed by atoms with E-state index in [9.17, 15) is 25.0 Å². The molecule has 1 amide bonds. The summed E-state index contributed by atoms with van der Waals surface area (Å²) in [6.07, 6.45) is 0. The lowest BCUT2D eigenvalue weighted by atomic mass is 10.1. The predicted octanol–water partition coefficient (Wildman–Crippen LogP) is 2.37. The Labute approximate surface area is 193 Å². The maximum absolute atomic E-state index is 12.9. The molecule has 34 heavy (non-hydrogen) atoms. The maximum Gasteiger partial charge on any atom is 0.277 e. The fourth-order valence-electron chi connectivity index (χ4n) is 3.79. The minimum atomic E-state index is -0.753. The highest BCUT2D eigenvalue weighted by molar-refractivity contribution is 5.95. The Balaban J connectivity index is 1.45. The molecule has 1 aromatic carbocycles. The number of benzene rings is 1. The van der Waals surface area contributed by atoms with Gasteiger partial charge in [0.1, 0.15) is 0 Å². The van der Waals surface area contributed by atoms with Gasteiger partial charge in [0.05, 0.1) is 27.2 Å². The number of carbonyl (C=O) groups excluding carboxylic acids is 1. The fraction of sp³-hybridized carbons (Fsp3) is 0.333. The third-order valence-corrected chi connectivity index (χ3v) is 5.97. The molecule has 3 aromatic rings. The summed E-state index contributed by atoms with van der Waals surface area (Å²) in [6, 6.07) is 6.64. The van der Waals surface area contributed by atoms with Gasteiger partial charge < -0.3 is 9.80 Å². The quantitative estimate of drug-likeness (QED) is 0.407. The average Bonchev–Trinajstić information content (AvgIpc) is 3.10. The van der Waals surface area contributed by atoms with Crippen molar-refractivity contribution in [2.45, 2.75) is 20.8 Å². The molecule has 0 saturated carbocycles. The van der Waals surface area contributed by atoms with E-state index in [1.54, 1.807) is 4.68 Å². The lowest BCUT2D eigenvalue weighted by Crippen LogP contribution is -2.49. The molecule has 176 valence electrons. The van der Waals surface area contributed by atoms with Crippen molar-refractivity contribution in [3.63, 3.8) is 0 Å². The Morgan fingerprint density at radius 2 is 1.44 bits per heavy atom. The topological polar surface area (TPSA) is 153 Å². The largest absolute Gasteiger partial charge is 0.352 e. The fourth-order valence-corrected chi connectivity index (χ4v) is 3.79. The summed E-state index contributed by atoms with van der Waals surface area (Å²) in [7, 11) is 0. The molecule has 0 radical (unpaired) electrons. The number of anilines is 1. The second kappa shape index (κ2) is 8.84. The SMILES string of the molecule is Cc1nn(-c2ccc(N3CCN(C(=O)c4cc([N+](=O)[O-])cc([N+](=O)[O-])c4)CC3)nn2)c(C)c1C. The van der Waals surface area contributed by atoms with E-state index in [4.69, 9.17) is 0 Å². The van der Waals surface area contributed by atoms with Gasteiger partial charge in [-0.1, -0.05) is 0 Å². The molecular formula is C21H22N8O5. The number of nitro benzene ring substituents is 2. The van der Waals surface area contributed by atoms with Gasteiger partial charge in [0.25, 0.3) is 17.3 Å². The van der Waals surface area contributed by atoms with Crippen molar-refractivity contribution < 1.29 is 14.6 Å². The molecule has 0 aliphatic carbocycles. The number of nitro groups is 2. The van der Waals surface area contributed by atoms with Crippen LogP contribution in [-0.2, 0) is 0 Å². The zero-order valence-corrected chi connectivity index (χ0v) is 18.8. The second-order valence-corrected chi connectivity index (χ2v) is 7.99. The van der Waals surface area contributed by atoms with Crippen LogP contribution in [0, 0.1) is 41.0 Å². The summed E-state index contributed by atoms with van der Waals surface area (Å²) in [4.78, 5) is 37.1. The van der Waals surface area contributed by atoms with Gasteiger partial charge in [-0.25, -0.2) is 4.68 Å². The van der Waals surface area contributed by atoms with E-state index in [0.29, 0.717) is 37.8 Å². The van der Waals surface area contributed by atoms with Gasteiger partial charge in [-0.3, -0.25) is 25.0 Å². The van der Waals surface area contributed by atoms with E-state index in [2.05, 4.69) is 15.3 Å². The van der Waals surface area contributed by atoms with Crippen LogP contribution in [0.25, 0.3) is 5.82 Å². The van der Waals surface area contributed by atoms with Gasteiger partial charge in [-0.2, -0.15) is 5.10 Å². The van der Waals surface area contributed by atoms with Gasteiger partial charge in [-0.15, -0.1) is 10.2 Å². The first-order valence-corrected chi connectivity index (χ1v) is 10.5. The number of piperazine rings is 1. The lowest BCUT2D eigenvalue weighted by molar-refractivity contribution is -0.394. The molecule has 0 N–H and O–H groups in total. The highest BCUT2D eigenvalue weighted by Crippen LogP contribution is 2.24. The van der Waals surface area contributed by atoms with Crippen LogP contribution < -0.4 is 4.90 Å². The van der Waals surface area contributed by atoms with E-state index < -0.39 is 27.1 Å². The Morgan fingerprint density at radius 1 is 0.882 bits per heavy atom. The van der Waals surface area contributed by atoms with E-state index in [1.165, 1.54) is 4.90 Å². The summed E-state index contributed by atoms with van der Waals surface area (Å²) in [6.45, 7) is 7.50. The third-order valence-electron chi connectivity index (χ3n) is 5.97. The molecule has 1 aliphatic rings. The summed E-state index contributed by atoms with van der Waals surface area (Å²) in [5.41, 5.74) is 1.94. The van der Waals surface area contributed by atoms with Gasteiger partial charge in [0, 0.05) is 44.0 Å². The highest BCUT2D eigenvalue weighted by atomic mass is 16.6. The van der Waals surface area contributed by atoms with Crippen molar-refractivity contribution >= 4 is 23.1 Å². The number of rotatable bonds is 5. The van der Waals surface area contributed by atoms with E-state index in [1.807, 2.05) is 37.8 Å². The van der Waals surface area contributed by atoms with E-state index >= 15 is 0 Å². The zero-order valence-electron chi connectivity index (χ0n) is 18.8. The number of hydrogen-bond donors (Lipinski definition) is 0. The van der Waals surface area contributed by atoms with Crippen LogP contribution in [0.1, 0.15) is 27.3 Å². The Bertz CT molecular complexity index is 1250. The van der Waals surface area contributed by atoms with Crippen LogP contribution in [0.5, 0.6) is 0 Å². The highest BCUT2D eigenvalue weighted by Gasteiger charge is 2.26. The molecule has 0 unspecified atom stereocenters. The van der Waals surface area contributed by atoms with Crippen molar-refractivity contribution in [2.75, 3.05) is 31.1 Å². The van der Waals surface area contributed by atoms with Gasteiger partial charge in [-0.05, 0) is 38.5 Å². The van der Waals surface area contributed by atoms with Crippen LogP contribution in [-0.4, -0.2) is 66.8 Å². The summed E-state index contributed by atoms with van der Waals surface area (Å²) in [5, 5.41) is 35.3. The van der Waals surface area contributed by atoms with Crippen molar-refractivity contribution in [1.29, 1.82) is 0 Å². The smallest absolute Gasteiger partial charge is 0.277 e. The first-order chi connectivity index (χ1) is 16.2. The van der Waals surface area contributed by atoms with Crippen LogP contribution >= 0.6 is 0 Å². The number of non-ortho nitro benzene ring substituents is 2. The molecule has 13 nitrogen and oxygen atoms in total. The number of aryl methyl sites for hydroxylation is 1. The molecule has 2 aromatic heterocycles. The molecule has 13 heteroatoms. The Morgan fingerprint density at radius 3 is 1.91 bits per heavy atom. The molecule has 0 atom stereocenters. The molecule has 0 spiro atoms. The van der Waals surface area contributed by atoms with Crippen molar-refractivity contribution in [3.8, 4) is 5.82 Å². The monoisotopic (exact) mass is 466 g/mol. The molecule has 1 fully saturated rings. The summed E-state index contributed by atoms with van der Waals surface area (Å²) >= 11 is 0. The number of nitrogens with zero attached hydrogens (tertiary/aromatic N) is 8. The first kappa shape index (κ1) is 22.8. The third kappa shape index (κ3) is 4.27. The number of carbonyl (C=O) groups is 1. The van der Waals surface area contributed by atoms with Crippen LogP contribution in [0.15, 0.2) is 30.3 Å². The summed E-state index contributed by atoms with van der Waals surface area (Å²) in [5.74, 6) is 0.770. The normalized spacial score (nSPS) is 13.7. The van der Waals surface area contributed by atoms with E-state index in [0.717, 1.165) is 35.2 Å². The average molecular weight is 466 g/mol. The number of amides is 1. The minimum absolute atomic E-state index is 0.0846. The van der Waals surface area contributed by atoms with Gasteiger partial charge >= 0.3 is 0 Å². The minimum Gasteiger partial charge on any atom is -0.352 e. The summed E-state index contributed by atoms with van der Waals surface area (Å²) < 4.78 is 1.75. The van der Waals surface area contributed by atoms with Crippen molar-refractivity contribution in [3.05, 3.63) is 73.1 Å². The van der Waals surface area contributed by atoms with Crippen LogP contribution in [0.3, 0.4) is 0 Å². The van der Waals surface area contributed by atoms with Crippen LogP contribution in [0.4, 0.5) is 17.2 Å². The molecule has 1 saturated heterocycles. The van der Waals surface area contributed by atoms with Crippen LogP contribution in [0.2, 0.25) is 0 Å². The Kier molecular flexibility index (Phi) is 5.92. The Hall–Kier alpha value is -4.42. The second-order valence-electron chi connectivity index (χ2n) is 7.99. The van der Waals surface area contributed by atoms with Gasteiger partial charge in [0.2, 0.25) is 0 Å². The molecular weight excluding hydrogens is 444 g/mol. The molecule has 3 heterocycles. The molecule has 4 rings (SSSR count). The first-order valence-electron chi connectivity index (χ1n) is 10.5.